The molecule has 1 aromatic carbocycles. The van der Waals surface area contributed by atoms with Crippen molar-refractivity contribution < 1.29 is 4.42 Å². The third-order valence-electron chi connectivity index (χ3n) is 5.04. The summed E-state index contributed by atoms with van der Waals surface area (Å²) in [6, 6.07) is 8.05. The van der Waals surface area contributed by atoms with E-state index in [9.17, 15) is 4.79 Å². The van der Waals surface area contributed by atoms with Crippen LogP contribution >= 0.6 is 11.8 Å². The van der Waals surface area contributed by atoms with Crippen LogP contribution in [0.5, 0.6) is 0 Å². The van der Waals surface area contributed by atoms with Crippen LogP contribution in [0.15, 0.2) is 38.6 Å². The third-order valence-corrected chi connectivity index (χ3v) is 6.03. The Morgan fingerprint density at radius 2 is 2.08 bits per heavy atom. The van der Waals surface area contributed by atoms with Gasteiger partial charge in [-0.05, 0) is 46.9 Å². The van der Waals surface area contributed by atoms with Crippen molar-refractivity contribution in [1.82, 2.24) is 20.2 Å². The lowest BCUT2D eigenvalue weighted by molar-refractivity contribution is 0.307. The molecular weight excluding hydrogens is 348 g/mol. The Bertz CT molecular complexity index is 960. The minimum atomic E-state index is -0.312. The van der Waals surface area contributed by atoms with Gasteiger partial charge in [-0.15, -0.1) is 5.10 Å². The molecule has 6 nitrogen and oxygen atoms in total. The third kappa shape index (κ3) is 3.53. The van der Waals surface area contributed by atoms with E-state index in [1.807, 2.05) is 16.8 Å². The molecule has 2 heterocycles. The van der Waals surface area contributed by atoms with Crippen molar-refractivity contribution in [2.24, 2.45) is 0 Å². The van der Waals surface area contributed by atoms with Crippen molar-refractivity contribution in [3.63, 3.8) is 0 Å². The number of benzene rings is 1. The molecule has 0 spiro atoms. The standard InChI is InChI=1S/C19H22N4O2S/c1-2-13-8-9-16-14(11-18(24)25-17(16)10-13)12-26-19-20-21-22-23(19)15-6-4-3-5-7-15/h8-11,15H,2-7,12H2,1H3. The molecule has 0 atom stereocenters. The zero-order valence-electron chi connectivity index (χ0n) is 14.9. The zero-order valence-corrected chi connectivity index (χ0v) is 15.7. The van der Waals surface area contributed by atoms with Gasteiger partial charge in [0.1, 0.15) is 5.58 Å². The Labute approximate surface area is 156 Å². The van der Waals surface area contributed by atoms with Gasteiger partial charge in [0.2, 0.25) is 5.16 Å². The molecule has 0 bridgehead atoms. The van der Waals surface area contributed by atoms with E-state index in [4.69, 9.17) is 4.42 Å². The first kappa shape index (κ1) is 17.3. The summed E-state index contributed by atoms with van der Waals surface area (Å²) in [5, 5.41) is 14.1. The molecular formula is C19H22N4O2S. The van der Waals surface area contributed by atoms with Crippen molar-refractivity contribution in [2.45, 2.75) is 62.4 Å². The Balaban J connectivity index is 1.59. The van der Waals surface area contributed by atoms with Crippen molar-refractivity contribution >= 4 is 22.7 Å². The normalized spacial score (nSPS) is 15.6. The van der Waals surface area contributed by atoms with Gasteiger partial charge >= 0.3 is 5.63 Å². The second kappa shape index (κ2) is 7.61. The molecule has 0 amide bonds. The van der Waals surface area contributed by atoms with Crippen LogP contribution in [0.2, 0.25) is 0 Å². The second-order valence-electron chi connectivity index (χ2n) is 6.76. The van der Waals surface area contributed by atoms with E-state index in [0.717, 1.165) is 40.9 Å². The summed E-state index contributed by atoms with van der Waals surface area (Å²) in [5.41, 5.74) is 2.46. The lowest BCUT2D eigenvalue weighted by atomic mass is 9.96. The number of aryl methyl sites for hydroxylation is 1. The van der Waals surface area contributed by atoms with Crippen LogP contribution in [0.4, 0.5) is 0 Å². The quantitative estimate of drug-likeness (QED) is 0.496. The van der Waals surface area contributed by atoms with Gasteiger partial charge < -0.3 is 4.42 Å². The number of nitrogens with zero attached hydrogens (tertiary/aromatic N) is 4. The van der Waals surface area contributed by atoms with Gasteiger partial charge in [0.05, 0.1) is 6.04 Å². The molecule has 7 heteroatoms. The molecule has 0 aliphatic heterocycles. The molecule has 2 aromatic heterocycles. The summed E-state index contributed by atoms with van der Waals surface area (Å²) >= 11 is 1.58. The van der Waals surface area contributed by atoms with Gasteiger partial charge in [-0.2, -0.15) is 0 Å². The molecule has 4 rings (SSSR count). The van der Waals surface area contributed by atoms with Gasteiger partial charge in [-0.25, -0.2) is 9.48 Å². The monoisotopic (exact) mass is 370 g/mol. The van der Waals surface area contributed by atoms with Crippen molar-refractivity contribution in [3.05, 3.63) is 45.8 Å². The Morgan fingerprint density at radius 3 is 2.88 bits per heavy atom. The minimum Gasteiger partial charge on any atom is -0.423 e. The fourth-order valence-corrected chi connectivity index (χ4v) is 4.53. The van der Waals surface area contributed by atoms with Gasteiger partial charge in [0, 0.05) is 17.2 Å². The Morgan fingerprint density at radius 1 is 1.23 bits per heavy atom. The lowest BCUT2D eigenvalue weighted by Crippen LogP contribution is -2.15. The molecule has 1 fully saturated rings. The molecule has 1 saturated carbocycles. The molecule has 3 aromatic rings. The molecule has 26 heavy (non-hydrogen) atoms. The lowest BCUT2D eigenvalue weighted by Gasteiger charge is -2.22. The first-order chi connectivity index (χ1) is 12.7. The van der Waals surface area contributed by atoms with E-state index in [2.05, 4.69) is 28.5 Å². The highest BCUT2D eigenvalue weighted by atomic mass is 32.2. The van der Waals surface area contributed by atoms with E-state index in [1.165, 1.54) is 19.3 Å². The summed E-state index contributed by atoms with van der Waals surface area (Å²) in [6.07, 6.45) is 6.95. The number of fused-ring (bicyclic) bond motifs is 1. The average Bonchev–Trinajstić information content (AvgIpc) is 3.14. The number of hydrogen-bond acceptors (Lipinski definition) is 6. The highest BCUT2D eigenvalue weighted by molar-refractivity contribution is 7.98. The predicted molar refractivity (Wildman–Crippen MR) is 101 cm³/mol. The first-order valence-electron chi connectivity index (χ1n) is 9.21. The van der Waals surface area contributed by atoms with E-state index in [-0.39, 0.29) is 5.63 Å². The SMILES string of the molecule is CCc1ccc2c(CSc3nnnn3C3CCCCC3)cc(=O)oc2c1. The highest BCUT2D eigenvalue weighted by Gasteiger charge is 2.20. The summed E-state index contributed by atoms with van der Waals surface area (Å²) < 4.78 is 7.36. The topological polar surface area (TPSA) is 73.8 Å². The molecule has 1 aliphatic carbocycles. The van der Waals surface area contributed by atoms with Crippen LogP contribution in [-0.2, 0) is 12.2 Å². The molecule has 0 N–H and O–H groups in total. The van der Waals surface area contributed by atoms with Crippen molar-refractivity contribution in [3.8, 4) is 0 Å². The predicted octanol–water partition coefficient (Wildman–Crippen LogP) is 4.14. The minimum absolute atomic E-state index is 0.312. The Kier molecular flexibility index (Phi) is 5.06. The van der Waals surface area contributed by atoms with E-state index >= 15 is 0 Å². The van der Waals surface area contributed by atoms with Gasteiger partial charge in [-0.1, -0.05) is 50.1 Å². The van der Waals surface area contributed by atoms with E-state index < -0.39 is 0 Å². The van der Waals surface area contributed by atoms with Crippen molar-refractivity contribution in [2.75, 3.05) is 0 Å². The zero-order chi connectivity index (χ0) is 17.9. The maximum Gasteiger partial charge on any atom is 0.336 e. The van der Waals surface area contributed by atoms with Crippen LogP contribution in [0.1, 0.15) is 56.2 Å². The van der Waals surface area contributed by atoms with Crippen LogP contribution in [0.25, 0.3) is 11.0 Å². The van der Waals surface area contributed by atoms with Gasteiger partial charge in [-0.3, -0.25) is 0 Å². The molecule has 136 valence electrons. The molecule has 0 saturated heterocycles. The fourth-order valence-electron chi connectivity index (χ4n) is 3.59. The first-order valence-corrected chi connectivity index (χ1v) is 10.2. The van der Waals surface area contributed by atoms with Crippen LogP contribution in [0.3, 0.4) is 0 Å². The van der Waals surface area contributed by atoms with E-state index in [0.29, 0.717) is 17.4 Å². The van der Waals surface area contributed by atoms with Gasteiger partial charge in [0.25, 0.3) is 0 Å². The Hall–Kier alpha value is -2.15. The maximum absolute atomic E-state index is 12.0. The molecule has 0 unspecified atom stereocenters. The highest BCUT2D eigenvalue weighted by Crippen LogP contribution is 2.32. The summed E-state index contributed by atoms with van der Waals surface area (Å²) in [5.74, 6) is 0.640. The smallest absolute Gasteiger partial charge is 0.336 e. The van der Waals surface area contributed by atoms with E-state index in [1.54, 1.807) is 17.8 Å². The molecule has 0 radical (unpaired) electrons. The van der Waals surface area contributed by atoms with Crippen molar-refractivity contribution in [1.29, 1.82) is 0 Å². The summed E-state index contributed by atoms with van der Waals surface area (Å²) in [6.45, 7) is 2.09. The van der Waals surface area contributed by atoms with Gasteiger partial charge in [0.15, 0.2) is 0 Å². The number of hydrogen-bond donors (Lipinski definition) is 0. The van der Waals surface area contributed by atoms with Crippen LogP contribution in [-0.4, -0.2) is 20.2 Å². The number of rotatable bonds is 5. The number of tetrazole rings is 1. The number of thioether (sulfide) groups is 1. The summed E-state index contributed by atoms with van der Waals surface area (Å²) in [4.78, 5) is 12.0. The second-order valence-corrected chi connectivity index (χ2v) is 7.70. The average molecular weight is 370 g/mol. The fraction of sp³-hybridized carbons (Fsp3) is 0.474. The van der Waals surface area contributed by atoms with Crippen LogP contribution < -0.4 is 5.63 Å². The number of aromatic nitrogens is 4. The molecule has 1 aliphatic rings. The maximum atomic E-state index is 12.0. The summed E-state index contributed by atoms with van der Waals surface area (Å²) in [7, 11) is 0. The van der Waals surface area contributed by atoms with Crippen LogP contribution in [0, 0.1) is 0 Å². The largest absolute Gasteiger partial charge is 0.423 e.